The molecule has 0 saturated carbocycles. The van der Waals surface area contributed by atoms with Crippen molar-refractivity contribution in [3.63, 3.8) is 0 Å². The van der Waals surface area contributed by atoms with Gasteiger partial charge < -0.3 is 20.3 Å². The molecule has 0 aromatic carbocycles. The number of nitrogens with one attached hydrogen (secondary N) is 1. The van der Waals surface area contributed by atoms with E-state index in [1.54, 1.807) is 6.08 Å². The lowest BCUT2D eigenvalue weighted by Gasteiger charge is -2.20. The molecule has 3 N–H and O–H groups in total. The molecule has 0 aliphatic carbocycles. The SMILES string of the molecule is CCCCCCCC/C=C\CCCCCCCCCCCC(=O)OCCCCCCCCCCCCCCCCCC/C=C\CCCCCCCCCCCCCCCCCCCC(=O)NC(CO)C(O)/C=C/CCCCCCCCCCCCCC. The molecule has 0 rings (SSSR count). The Kier molecular flexibility index (Phi) is 74.8. The van der Waals surface area contributed by atoms with Gasteiger partial charge in [0, 0.05) is 12.8 Å². The minimum absolute atomic E-state index is 0.0215. The van der Waals surface area contributed by atoms with Gasteiger partial charge in [-0.3, -0.25) is 9.59 Å². The summed E-state index contributed by atoms with van der Waals surface area (Å²) in [6.45, 7) is 4.94. The standard InChI is InChI=1S/C81H155NO5/c1-3-5-7-9-11-13-15-17-19-20-40-44-47-51-55-59-63-67-71-75-81(86)87-76-72-68-64-60-56-52-48-45-42-39-37-35-33-31-29-27-25-23-21-22-24-26-28-30-32-34-36-38-41-43-46-50-54-58-62-66-70-74-80(85)82-78(77-83)79(84)73-69-65-61-57-53-49-18-16-14-12-10-8-6-4-2/h17,19,21,23,69,73,78-79,83-84H,3-16,18,20,22,24-68,70-72,74-77H2,1-2H3,(H,82,85)/b19-17-,23-21-,73-69+. The number of carbonyl (C=O) groups excluding carboxylic acids is 2. The normalized spacial score (nSPS) is 12.6. The van der Waals surface area contributed by atoms with Crippen LogP contribution in [0.15, 0.2) is 36.5 Å². The summed E-state index contributed by atoms with van der Waals surface area (Å²) in [5.74, 6) is -0.0402. The number of esters is 1. The Bertz CT molecular complexity index is 1410. The molecule has 514 valence electrons. The van der Waals surface area contributed by atoms with E-state index in [0.717, 1.165) is 38.5 Å². The highest BCUT2D eigenvalue weighted by Crippen LogP contribution is 2.19. The lowest BCUT2D eigenvalue weighted by molar-refractivity contribution is -0.143. The lowest BCUT2D eigenvalue weighted by Crippen LogP contribution is -2.45. The van der Waals surface area contributed by atoms with Crippen molar-refractivity contribution in [2.24, 2.45) is 0 Å². The van der Waals surface area contributed by atoms with Crippen molar-refractivity contribution in [3.05, 3.63) is 36.5 Å². The van der Waals surface area contributed by atoms with Gasteiger partial charge in [-0.05, 0) is 83.5 Å². The van der Waals surface area contributed by atoms with E-state index in [1.165, 1.54) is 379 Å². The average Bonchev–Trinajstić information content (AvgIpc) is 3.53. The summed E-state index contributed by atoms with van der Waals surface area (Å²) in [5, 5.41) is 23.2. The highest BCUT2D eigenvalue weighted by Gasteiger charge is 2.18. The number of ether oxygens (including phenoxy) is 1. The zero-order valence-electron chi connectivity index (χ0n) is 59.0. The van der Waals surface area contributed by atoms with E-state index in [-0.39, 0.29) is 18.5 Å². The van der Waals surface area contributed by atoms with Crippen LogP contribution < -0.4 is 5.32 Å². The van der Waals surface area contributed by atoms with Gasteiger partial charge in [-0.15, -0.1) is 0 Å². The molecule has 0 heterocycles. The first kappa shape index (κ1) is 85.1. The fraction of sp³-hybridized carbons (Fsp3) is 0.901. The summed E-state index contributed by atoms with van der Waals surface area (Å²) in [7, 11) is 0. The molecule has 0 spiro atoms. The van der Waals surface area contributed by atoms with Crippen molar-refractivity contribution in [2.75, 3.05) is 13.2 Å². The predicted octanol–water partition coefficient (Wildman–Crippen LogP) is 26.2. The molecule has 2 unspecified atom stereocenters. The molecule has 0 saturated heterocycles. The molecule has 87 heavy (non-hydrogen) atoms. The van der Waals surface area contributed by atoms with Gasteiger partial charge in [-0.1, -0.05) is 384 Å². The molecule has 0 fully saturated rings. The molecule has 0 bridgehead atoms. The third-order valence-electron chi connectivity index (χ3n) is 18.6. The quantitative estimate of drug-likeness (QED) is 0.0320. The van der Waals surface area contributed by atoms with Crippen LogP contribution in [-0.4, -0.2) is 47.4 Å². The fourth-order valence-corrected chi connectivity index (χ4v) is 12.6. The zero-order valence-corrected chi connectivity index (χ0v) is 59.0. The summed E-state index contributed by atoms with van der Waals surface area (Å²) in [4.78, 5) is 24.6. The van der Waals surface area contributed by atoms with Crippen molar-refractivity contribution in [2.45, 2.75) is 456 Å². The number of allylic oxidation sites excluding steroid dienone is 5. The van der Waals surface area contributed by atoms with E-state index >= 15 is 0 Å². The first-order valence-corrected chi connectivity index (χ1v) is 39.8. The van der Waals surface area contributed by atoms with E-state index in [1.807, 2.05) is 6.08 Å². The largest absolute Gasteiger partial charge is 0.466 e. The van der Waals surface area contributed by atoms with E-state index in [9.17, 15) is 19.8 Å². The molecular weight excluding hydrogens is 1070 g/mol. The second-order valence-corrected chi connectivity index (χ2v) is 27.4. The van der Waals surface area contributed by atoms with Crippen molar-refractivity contribution >= 4 is 11.9 Å². The average molecular weight is 1220 g/mol. The predicted molar refractivity (Wildman–Crippen MR) is 384 cm³/mol. The van der Waals surface area contributed by atoms with Gasteiger partial charge in [-0.25, -0.2) is 0 Å². The van der Waals surface area contributed by atoms with Crippen molar-refractivity contribution in [3.8, 4) is 0 Å². The van der Waals surface area contributed by atoms with Crippen LogP contribution in [0.3, 0.4) is 0 Å². The van der Waals surface area contributed by atoms with Gasteiger partial charge in [-0.2, -0.15) is 0 Å². The number of hydrogen-bond acceptors (Lipinski definition) is 5. The molecule has 1 amide bonds. The Morgan fingerprint density at radius 3 is 0.816 bits per heavy atom. The summed E-state index contributed by atoms with van der Waals surface area (Å²) in [5.41, 5.74) is 0. The van der Waals surface area contributed by atoms with Gasteiger partial charge in [0.25, 0.3) is 0 Å². The van der Waals surface area contributed by atoms with Crippen molar-refractivity contribution in [1.29, 1.82) is 0 Å². The molecule has 0 aromatic rings. The van der Waals surface area contributed by atoms with Gasteiger partial charge in [0.15, 0.2) is 0 Å². The number of amides is 1. The van der Waals surface area contributed by atoms with Crippen LogP contribution in [0, 0.1) is 0 Å². The highest BCUT2D eigenvalue weighted by molar-refractivity contribution is 5.76. The maximum absolute atomic E-state index is 12.5. The van der Waals surface area contributed by atoms with Gasteiger partial charge >= 0.3 is 5.97 Å². The lowest BCUT2D eigenvalue weighted by atomic mass is 10.0. The number of carbonyl (C=O) groups is 2. The number of unbranched alkanes of at least 4 members (excludes halogenated alkanes) is 60. The third-order valence-corrected chi connectivity index (χ3v) is 18.6. The Morgan fingerprint density at radius 2 is 0.540 bits per heavy atom. The van der Waals surface area contributed by atoms with Gasteiger partial charge in [0.2, 0.25) is 5.91 Å². The molecule has 6 heteroatoms. The molecule has 0 aliphatic heterocycles. The highest BCUT2D eigenvalue weighted by atomic mass is 16.5. The van der Waals surface area contributed by atoms with Crippen LogP contribution in [0.5, 0.6) is 0 Å². The summed E-state index contributed by atoms with van der Waals surface area (Å²) in [6, 6.07) is -0.624. The van der Waals surface area contributed by atoms with Crippen molar-refractivity contribution < 1.29 is 24.5 Å². The minimum Gasteiger partial charge on any atom is -0.466 e. The molecule has 0 aromatic heterocycles. The van der Waals surface area contributed by atoms with E-state index in [2.05, 4.69) is 43.5 Å². The first-order valence-electron chi connectivity index (χ1n) is 39.8. The fourth-order valence-electron chi connectivity index (χ4n) is 12.6. The summed E-state index contributed by atoms with van der Waals surface area (Å²) < 4.78 is 5.52. The second-order valence-electron chi connectivity index (χ2n) is 27.4. The van der Waals surface area contributed by atoms with Crippen LogP contribution in [-0.2, 0) is 14.3 Å². The minimum atomic E-state index is -0.841. The molecule has 0 aliphatic rings. The monoisotopic (exact) mass is 1220 g/mol. The van der Waals surface area contributed by atoms with E-state index in [4.69, 9.17) is 4.74 Å². The Hall–Kier alpha value is -1.92. The van der Waals surface area contributed by atoms with E-state index < -0.39 is 12.1 Å². The Balaban J connectivity index is 3.32. The molecular formula is C81H155NO5. The number of hydrogen-bond donors (Lipinski definition) is 3. The van der Waals surface area contributed by atoms with Gasteiger partial charge in [0.1, 0.15) is 0 Å². The number of rotatable bonds is 75. The second kappa shape index (κ2) is 76.5. The number of aliphatic hydroxyl groups is 2. The summed E-state index contributed by atoms with van der Waals surface area (Å²) >= 11 is 0. The Morgan fingerprint density at radius 1 is 0.310 bits per heavy atom. The van der Waals surface area contributed by atoms with E-state index in [0.29, 0.717) is 19.4 Å². The summed E-state index contributed by atoms with van der Waals surface area (Å²) in [6.07, 6.45) is 99.9. The topological polar surface area (TPSA) is 95.9 Å². The zero-order chi connectivity index (χ0) is 62.8. The Labute approximate surface area is 544 Å². The molecule has 2 atom stereocenters. The maximum atomic E-state index is 12.5. The maximum Gasteiger partial charge on any atom is 0.305 e. The first-order chi connectivity index (χ1) is 43.0. The smallest absolute Gasteiger partial charge is 0.305 e. The molecule has 6 nitrogen and oxygen atoms in total. The van der Waals surface area contributed by atoms with Crippen LogP contribution in [0.4, 0.5) is 0 Å². The van der Waals surface area contributed by atoms with Crippen LogP contribution in [0.1, 0.15) is 444 Å². The van der Waals surface area contributed by atoms with Crippen molar-refractivity contribution in [1.82, 2.24) is 5.32 Å². The van der Waals surface area contributed by atoms with Crippen LogP contribution in [0.25, 0.3) is 0 Å². The van der Waals surface area contributed by atoms with Crippen LogP contribution >= 0.6 is 0 Å². The number of aliphatic hydroxyl groups excluding tert-OH is 2. The van der Waals surface area contributed by atoms with Crippen LogP contribution in [0.2, 0.25) is 0 Å². The van der Waals surface area contributed by atoms with Gasteiger partial charge in [0.05, 0.1) is 25.4 Å². The third kappa shape index (κ3) is 73.0. The molecule has 0 radical (unpaired) electrons.